The van der Waals surface area contributed by atoms with Crippen molar-refractivity contribution < 1.29 is 14.7 Å². The molecule has 3 rings (SSSR count). The van der Waals surface area contributed by atoms with Gasteiger partial charge in [-0.2, -0.15) is 5.10 Å². The van der Waals surface area contributed by atoms with E-state index in [2.05, 4.69) is 15.7 Å². The normalized spacial score (nSPS) is 16.2. The molecule has 1 aliphatic rings. The van der Waals surface area contributed by atoms with Crippen molar-refractivity contribution >= 4 is 17.5 Å². The topological polar surface area (TPSA) is 96.2 Å². The summed E-state index contributed by atoms with van der Waals surface area (Å²) in [6.07, 6.45) is 4.88. The minimum absolute atomic E-state index is 0.116. The van der Waals surface area contributed by atoms with Crippen molar-refractivity contribution in [2.75, 3.05) is 5.32 Å². The number of amides is 2. The molecular weight excluding hydrogens is 320 g/mol. The van der Waals surface area contributed by atoms with E-state index in [1.165, 1.54) is 12.1 Å². The van der Waals surface area contributed by atoms with E-state index in [-0.39, 0.29) is 29.2 Å². The Kier molecular flexibility index (Phi) is 4.74. The van der Waals surface area contributed by atoms with E-state index in [9.17, 15) is 14.7 Å². The maximum Gasteiger partial charge on any atom is 0.255 e. The average molecular weight is 342 g/mol. The summed E-state index contributed by atoms with van der Waals surface area (Å²) in [5.41, 5.74) is 2.78. The number of phenols is 1. The predicted molar refractivity (Wildman–Crippen MR) is 93.4 cm³/mol. The fourth-order valence-electron chi connectivity index (χ4n) is 3.14. The molecule has 25 heavy (non-hydrogen) atoms. The van der Waals surface area contributed by atoms with Crippen LogP contribution in [0.3, 0.4) is 0 Å². The summed E-state index contributed by atoms with van der Waals surface area (Å²) in [7, 11) is 1.90. The van der Waals surface area contributed by atoms with Crippen LogP contribution in [0.15, 0.2) is 24.4 Å². The van der Waals surface area contributed by atoms with Gasteiger partial charge in [0.1, 0.15) is 5.75 Å². The summed E-state index contributed by atoms with van der Waals surface area (Å²) in [6.45, 7) is 1.75. The van der Waals surface area contributed by atoms with Gasteiger partial charge in [0.15, 0.2) is 0 Å². The molecule has 7 heteroatoms. The molecule has 0 aliphatic heterocycles. The number of aromatic nitrogens is 2. The highest BCUT2D eigenvalue weighted by Crippen LogP contribution is 2.30. The predicted octanol–water partition coefficient (Wildman–Crippen LogP) is 2.28. The number of carbonyl (C=O) groups is 2. The lowest BCUT2D eigenvalue weighted by Crippen LogP contribution is -2.31. The monoisotopic (exact) mass is 342 g/mol. The number of phenolic OH excluding ortho intramolecular Hbond substituents is 1. The summed E-state index contributed by atoms with van der Waals surface area (Å²) in [4.78, 5) is 24.2. The molecule has 0 bridgehead atoms. The molecule has 0 radical (unpaired) electrons. The molecule has 0 spiro atoms. The van der Waals surface area contributed by atoms with E-state index in [0.717, 1.165) is 30.5 Å². The molecule has 2 amide bonds. The first-order chi connectivity index (χ1) is 12.0. The molecule has 3 N–H and O–H groups in total. The lowest BCUT2D eigenvalue weighted by Gasteiger charge is -2.24. The third-order valence-electron chi connectivity index (χ3n) is 4.53. The lowest BCUT2D eigenvalue weighted by atomic mass is 9.92. The minimum atomic E-state index is -0.369. The van der Waals surface area contributed by atoms with E-state index in [1.807, 2.05) is 11.7 Å². The van der Waals surface area contributed by atoms with Crippen molar-refractivity contribution in [3.8, 4) is 5.75 Å². The summed E-state index contributed by atoms with van der Waals surface area (Å²) in [6, 6.07) is 4.35. The van der Waals surface area contributed by atoms with Crippen LogP contribution in [0.2, 0.25) is 0 Å². The molecule has 132 valence electrons. The van der Waals surface area contributed by atoms with Gasteiger partial charge in [0, 0.05) is 30.4 Å². The van der Waals surface area contributed by atoms with E-state index >= 15 is 0 Å². The van der Waals surface area contributed by atoms with Crippen LogP contribution >= 0.6 is 0 Å². The number of benzene rings is 1. The maximum absolute atomic E-state index is 12.6. The molecular formula is C18H22N4O3. The molecule has 1 unspecified atom stereocenters. The number of hydrogen-bond donors (Lipinski definition) is 3. The van der Waals surface area contributed by atoms with Gasteiger partial charge in [-0.3, -0.25) is 14.3 Å². The van der Waals surface area contributed by atoms with Gasteiger partial charge in [0.2, 0.25) is 5.91 Å². The van der Waals surface area contributed by atoms with Gasteiger partial charge < -0.3 is 15.7 Å². The van der Waals surface area contributed by atoms with Crippen LogP contribution in [0.25, 0.3) is 0 Å². The zero-order valence-electron chi connectivity index (χ0n) is 14.4. The zero-order valence-corrected chi connectivity index (χ0v) is 14.4. The number of aromatic hydroxyl groups is 1. The first-order valence-corrected chi connectivity index (χ1v) is 8.44. The first kappa shape index (κ1) is 17.0. The number of fused-ring (bicyclic) bond motifs is 1. The van der Waals surface area contributed by atoms with E-state index < -0.39 is 0 Å². The Bertz CT molecular complexity index is 813. The Balaban J connectivity index is 1.80. The average Bonchev–Trinajstić information content (AvgIpc) is 2.99. The highest BCUT2D eigenvalue weighted by Gasteiger charge is 2.26. The Hall–Kier alpha value is -2.83. The van der Waals surface area contributed by atoms with Crippen molar-refractivity contribution in [1.29, 1.82) is 0 Å². The van der Waals surface area contributed by atoms with Crippen LogP contribution in [0.4, 0.5) is 5.69 Å². The third-order valence-corrected chi connectivity index (χ3v) is 4.53. The van der Waals surface area contributed by atoms with Crippen molar-refractivity contribution in [1.82, 2.24) is 15.1 Å². The molecule has 1 aromatic heterocycles. The Morgan fingerprint density at radius 2 is 2.20 bits per heavy atom. The molecule has 0 saturated heterocycles. The number of nitrogens with zero attached hydrogens (tertiary/aromatic N) is 2. The number of anilines is 1. The van der Waals surface area contributed by atoms with Crippen LogP contribution in [0.1, 0.15) is 53.8 Å². The smallest absolute Gasteiger partial charge is 0.255 e. The number of nitrogens with one attached hydrogen (secondary N) is 2. The van der Waals surface area contributed by atoms with Crippen molar-refractivity contribution in [2.45, 2.75) is 38.6 Å². The summed E-state index contributed by atoms with van der Waals surface area (Å²) in [5, 5.41) is 20.0. The van der Waals surface area contributed by atoms with Gasteiger partial charge in [-0.15, -0.1) is 0 Å². The second kappa shape index (κ2) is 6.96. The maximum atomic E-state index is 12.6. The first-order valence-electron chi connectivity index (χ1n) is 8.44. The Labute approximate surface area is 146 Å². The molecule has 7 nitrogen and oxygen atoms in total. The second-order valence-corrected chi connectivity index (χ2v) is 6.22. The molecule has 1 aliphatic carbocycles. The molecule has 1 atom stereocenters. The largest absolute Gasteiger partial charge is 0.507 e. The van der Waals surface area contributed by atoms with Gasteiger partial charge in [-0.1, -0.05) is 6.92 Å². The third kappa shape index (κ3) is 3.50. The van der Waals surface area contributed by atoms with Crippen LogP contribution < -0.4 is 10.6 Å². The zero-order chi connectivity index (χ0) is 18.0. The van der Waals surface area contributed by atoms with Gasteiger partial charge in [0.05, 0.1) is 17.8 Å². The van der Waals surface area contributed by atoms with Gasteiger partial charge in [-0.05, 0) is 37.5 Å². The lowest BCUT2D eigenvalue weighted by molar-refractivity contribution is -0.115. The van der Waals surface area contributed by atoms with Gasteiger partial charge in [-0.25, -0.2) is 0 Å². The number of aryl methyl sites for hydroxylation is 1. The quantitative estimate of drug-likeness (QED) is 0.743. The highest BCUT2D eigenvalue weighted by molar-refractivity contribution is 5.99. The molecule has 2 aromatic rings. The highest BCUT2D eigenvalue weighted by atomic mass is 16.3. The Morgan fingerprint density at radius 1 is 1.40 bits per heavy atom. The summed E-state index contributed by atoms with van der Waals surface area (Å²) >= 11 is 0. The van der Waals surface area contributed by atoms with Crippen LogP contribution in [-0.2, 0) is 18.3 Å². The molecule has 1 aromatic carbocycles. The van der Waals surface area contributed by atoms with Crippen LogP contribution in [0, 0.1) is 0 Å². The number of rotatable bonds is 4. The summed E-state index contributed by atoms with van der Waals surface area (Å²) < 4.78 is 1.84. The second-order valence-electron chi connectivity index (χ2n) is 6.22. The van der Waals surface area contributed by atoms with Crippen molar-refractivity contribution in [3.05, 3.63) is 41.2 Å². The summed E-state index contributed by atoms with van der Waals surface area (Å²) in [5.74, 6) is -0.634. The fourth-order valence-corrected chi connectivity index (χ4v) is 3.14. The standard InChI is InChI=1S/C18H22N4O3/c1-3-17(24)20-11-7-8-16(23)12(9-11)18(25)21-14-5-4-6-15-13(14)10-19-22(15)2/h7-10,14,23H,3-6H2,1-2H3,(H,20,24)(H,21,25). The molecule has 1 heterocycles. The fraction of sp³-hybridized carbons (Fsp3) is 0.389. The van der Waals surface area contributed by atoms with Crippen LogP contribution in [0.5, 0.6) is 5.75 Å². The Morgan fingerprint density at radius 3 is 2.96 bits per heavy atom. The van der Waals surface area contributed by atoms with E-state index in [0.29, 0.717) is 12.1 Å². The molecule has 0 saturated carbocycles. The minimum Gasteiger partial charge on any atom is -0.507 e. The van der Waals surface area contributed by atoms with Gasteiger partial charge in [0.25, 0.3) is 5.91 Å². The molecule has 0 fully saturated rings. The van der Waals surface area contributed by atoms with Crippen molar-refractivity contribution in [3.63, 3.8) is 0 Å². The van der Waals surface area contributed by atoms with Gasteiger partial charge >= 0.3 is 0 Å². The van der Waals surface area contributed by atoms with Crippen molar-refractivity contribution in [2.24, 2.45) is 7.05 Å². The number of carbonyl (C=O) groups excluding carboxylic acids is 2. The SMILES string of the molecule is CCC(=O)Nc1ccc(O)c(C(=O)NC2CCCc3c2cnn3C)c1. The van der Waals surface area contributed by atoms with E-state index in [4.69, 9.17) is 0 Å². The van der Waals surface area contributed by atoms with E-state index in [1.54, 1.807) is 19.2 Å². The number of hydrogen-bond acceptors (Lipinski definition) is 4. The van der Waals surface area contributed by atoms with Crippen LogP contribution in [-0.4, -0.2) is 26.7 Å².